The molecule has 1 amide bonds. The summed E-state index contributed by atoms with van der Waals surface area (Å²) < 4.78 is 0. The Balaban J connectivity index is 1.28. The van der Waals surface area contributed by atoms with Crippen LogP contribution in [-0.2, 0) is 24.2 Å². The van der Waals surface area contributed by atoms with E-state index in [-0.39, 0.29) is 5.91 Å². The van der Waals surface area contributed by atoms with Crippen LogP contribution in [0.2, 0.25) is 0 Å². The number of aryl methyl sites for hydroxylation is 1. The van der Waals surface area contributed by atoms with Crippen molar-refractivity contribution in [2.24, 2.45) is 10.9 Å². The maximum Gasteiger partial charge on any atom is 0.223 e. The van der Waals surface area contributed by atoms with Crippen LogP contribution < -0.4 is 15.5 Å². The normalized spacial score (nSPS) is 18.4. The number of anilines is 1. The number of carbonyl (C=O) groups excluding carboxylic acids is 1. The number of hydrogen-bond acceptors (Lipinski definition) is 3. The number of fused-ring (bicyclic) bond motifs is 1. The van der Waals surface area contributed by atoms with Gasteiger partial charge in [-0.3, -0.25) is 4.79 Å². The highest BCUT2D eigenvalue weighted by atomic mass is 16.2. The topological polar surface area (TPSA) is 60.0 Å². The molecule has 1 fully saturated rings. The molecule has 0 radical (unpaired) electrons. The molecule has 2 aliphatic heterocycles. The molecule has 0 spiro atoms. The standard InChI is InChI=1S/C27H37N5O/c1-3-28-27(29-18-22-11-12-25-24(16-22)10-7-14-31(25)2)30-19-23-17-26(33)32(20-23)15-13-21-8-5-4-6-9-21/h4-6,8-9,11-12,16,23H,3,7,10,13-15,17-20H2,1-2H3,(H2,28,29,30). The minimum absolute atomic E-state index is 0.263. The Morgan fingerprint density at radius 1 is 1.12 bits per heavy atom. The van der Waals surface area contributed by atoms with Gasteiger partial charge in [-0.25, -0.2) is 4.99 Å². The largest absolute Gasteiger partial charge is 0.374 e. The van der Waals surface area contributed by atoms with Gasteiger partial charge >= 0.3 is 0 Å². The van der Waals surface area contributed by atoms with Crippen LogP contribution in [0.25, 0.3) is 0 Å². The zero-order valence-electron chi connectivity index (χ0n) is 20.0. The van der Waals surface area contributed by atoms with Crippen LogP contribution in [0.5, 0.6) is 0 Å². The Hall–Kier alpha value is -3.02. The number of hydrogen-bond donors (Lipinski definition) is 2. The summed E-state index contributed by atoms with van der Waals surface area (Å²) in [5.74, 6) is 1.40. The predicted molar refractivity (Wildman–Crippen MR) is 136 cm³/mol. The van der Waals surface area contributed by atoms with Crippen molar-refractivity contribution < 1.29 is 4.79 Å². The smallest absolute Gasteiger partial charge is 0.223 e. The first kappa shape index (κ1) is 23.1. The number of rotatable bonds is 8. The lowest BCUT2D eigenvalue weighted by Gasteiger charge is -2.27. The zero-order valence-corrected chi connectivity index (χ0v) is 20.0. The van der Waals surface area contributed by atoms with Crippen LogP contribution in [0.1, 0.15) is 36.5 Å². The fourth-order valence-corrected chi connectivity index (χ4v) is 4.81. The number of likely N-dealkylation sites (tertiary alicyclic amines) is 1. The zero-order chi connectivity index (χ0) is 23.0. The summed E-state index contributed by atoms with van der Waals surface area (Å²) in [7, 11) is 2.17. The van der Waals surface area contributed by atoms with E-state index in [9.17, 15) is 4.79 Å². The summed E-state index contributed by atoms with van der Waals surface area (Å²) in [4.78, 5) is 21.6. The molecule has 6 nitrogen and oxygen atoms in total. The van der Waals surface area contributed by atoms with Gasteiger partial charge in [-0.2, -0.15) is 0 Å². The van der Waals surface area contributed by atoms with Crippen LogP contribution in [0.3, 0.4) is 0 Å². The molecule has 1 saturated heterocycles. The van der Waals surface area contributed by atoms with Gasteiger partial charge in [-0.05, 0) is 48.9 Å². The lowest BCUT2D eigenvalue weighted by Crippen LogP contribution is -2.40. The van der Waals surface area contributed by atoms with Crippen molar-refractivity contribution in [3.8, 4) is 0 Å². The molecule has 6 heteroatoms. The fourth-order valence-electron chi connectivity index (χ4n) is 4.81. The quantitative estimate of drug-likeness (QED) is 0.482. The number of nitrogens with one attached hydrogen (secondary N) is 2. The summed E-state index contributed by atoms with van der Waals surface area (Å²) in [6, 6.07) is 17.1. The van der Waals surface area contributed by atoms with E-state index in [2.05, 4.69) is 72.0 Å². The lowest BCUT2D eigenvalue weighted by atomic mass is 10.00. The highest BCUT2D eigenvalue weighted by Crippen LogP contribution is 2.27. The third-order valence-electron chi connectivity index (χ3n) is 6.62. The van der Waals surface area contributed by atoms with Gasteiger partial charge in [0.05, 0.1) is 6.54 Å². The molecule has 176 valence electrons. The SMILES string of the molecule is CCNC(=NCc1ccc2c(c1)CCCN2C)NCC1CC(=O)N(CCc2ccccc2)C1. The molecule has 1 unspecified atom stereocenters. The highest BCUT2D eigenvalue weighted by molar-refractivity contribution is 5.81. The van der Waals surface area contributed by atoms with E-state index in [4.69, 9.17) is 4.99 Å². The Morgan fingerprint density at radius 2 is 1.97 bits per heavy atom. The van der Waals surface area contributed by atoms with Crippen LogP contribution in [0, 0.1) is 5.92 Å². The van der Waals surface area contributed by atoms with Crippen molar-refractivity contribution in [3.05, 3.63) is 65.2 Å². The number of amides is 1. The van der Waals surface area contributed by atoms with Crippen molar-refractivity contribution >= 4 is 17.6 Å². The van der Waals surface area contributed by atoms with E-state index in [0.717, 1.165) is 51.5 Å². The molecular formula is C27H37N5O. The van der Waals surface area contributed by atoms with Gasteiger partial charge in [0, 0.05) is 57.8 Å². The molecule has 0 bridgehead atoms. The van der Waals surface area contributed by atoms with Crippen molar-refractivity contribution in [2.75, 3.05) is 44.7 Å². The first-order chi connectivity index (χ1) is 16.1. The summed E-state index contributed by atoms with van der Waals surface area (Å²) in [6.45, 7) is 7.04. The first-order valence-electron chi connectivity index (χ1n) is 12.3. The second-order valence-electron chi connectivity index (χ2n) is 9.21. The van der Waals surface area contributed by atoms with E-state index in [1.807, 2.05) is 11.0 Å². The molecule has 2 heterocycles. The van der Waals surface area contributed by atoms with Crippen molar-refractivity contribution in [1.29, 1.82) is 0 Å². The number of aliphatic imine (C=N–C) groups is 1. The Labute approximate surface area is 198 Å². The average Bonchev–Trinajstić information content (AvgIpc) is 3.19. The first-order valence-corrected chi connectivity index (χ1v) is 12.3. The highest BCUT2D eigenvalue weighted by Gasteiger charge is 2.29. The molecule has 0 saturated carbocycles. The fraction of sp³-hybridized carbons (Fsp3) is 0.481. The molecule has 0 aliphatic carbocycles. The van der Waals surface area contributed by atoms with Crippen molar-refractivity contribution in [3.63, 3.8) is 0 Å². The summed E-state index contributed by atoms with van der Waals surface area (Å²) in [5, 5.41) is 6.82. The second kappa shape index (κ2) is 11.2. The van der Waals surface area contributed by atoms with E-state index in [1.54, 1.807) is 0 Å². The molecule has 2 aliphatic rings. The van der Waals surface area contributed by atoms with Crippen LogP contribution in [0.15, 0.2) is 53.5 Å². The number of nitrogens with zero attached hydrogens (tertiary/aromatic N) is 3. The summed E-state index contributed by atoms with van der Waals surface area (Å²) >= 11 is 0. The minimum atomic E-state index is 0.263. The summed E-state index contributed by atoms with van der Waals surface area (Å²) in [6.07, 6.45) is 3.88. The Morgan fingerprint density at radius 3 is 2.79 bits per heavy atom. The van der Waals surface area contributed by atoms with Gasteiger partial charge in [0.15, 0.2) is 5.96 Å². The van der Waals surface area contributed by atoms with Crippen molar-refractivity contribution in [2.45, 2.75) is 39.2 Å². The molecule has 4 rings (SSSR count). The Kier molecular flexibility index (Phi) is 7.87. The van der Waals surface area contributed by atoms with E-state index in [0.29, 0.717) is 18.9 Å². The summed E-state index contributed by atoms with van der Waals surface area (Å²) in [5.41, 5.74) is 5.29. The third kappa shape index (κ3) is 6.28. The maximum atomic E-state index is 12.5. The van der Waals surface area contributed by atoms with Gasteiger partial charge < -0.3 is 20.4 Å². The number of benzene rings is 2. The van der Waals surface area contributed by atoms with Gasteiger partial charge in [0.1, 0.15) is 0 Å². The van der Waals surface area contributed by atoms with Crippen LogP contribution in [-0.4, -0.2) is 56.5 Å². The van der Waals surface area contributed by atoms with E-state index in [1.165, 1.54) is 28.8 Å². The van der Waals surface area contributed by atoms with Crippen LogP contribution in [0.4, 0.5) is 5.69 Å². The van der Waals surface area contributed by atoms with Gasteiger partial charge in [-0.15, -0.1) is 0 Å². The van der Waals surface area contributed by atoms with E-state index < -0.39 is 0 Å². The molecule has 2 aromatic carbocycles. The molecule has 2 aromatic rings. The molecule has 1 atom stereocenters. The molecular weight excluding hydrogens is 410 g/mol. The monoisotopic (exact) mass is 447 g/mol. The third-order valence-corrected chi connectivity index (χ3v) is 6.62. The lowest BCUT2D eigenvalue weighted by molar-refractivity contribution is -0.127. The Bertz CT molecular complexity index is 958. The van der Waals surface area contributed by atoms with E-state index >= 15 is 0 Å². The molecule has 2 N–H and O–H groups in total. The van der Waals surface area contributed by atoms with Crippen molar-refractivity contribution in [1.82, 2.24) is 15.5 Å². The second-order valence-corrected chi connectivity index (χ2v) is 9.21. The maximum absolute atomic E-state index is 12.5. The van der Waals surface area contributed by atoms with Gasteiger partial charge in [0.2, 0.25) is 5.91 Å². The van der Waals surface area contributed by atoms with Crippen LogP contribution >= 0.6 is 0 Å². The predicted octanol–water partition coefficient (Wildman–Crippen LogP) is 3.22. The number of guanidine groups is 1. The van der Waals surface area contributed by atoms with Gasteiger partial charge in [-0.1, -0.05) is 42.5 Å². The van der Waals surface area contributed by atoms with Gasteiger partial charge in [0.25, 0.3) is 0 Å². The average molecular weight is 448 g/mol. The number of carbonyl (C=O) groups is 1. The molecule has 33 heavy (non-hydrogen) atoms. The molecule has 0 aromatic heterocycles. The minimum Gasteiger partial charge on any atom is -0.374 e.